The van der Waals surface area contributed by atoms with Gasteiger partial charge in [-0.15, -0.1) is 0 Å². The van der Waals surface area contributed by atoms with E-state index in [9.17, 15) is 4.79 Å². The normalized spacial score (nSPS) is 10.4. The summed E-state index contributed by atoms with van der Waals surface area (Å²) in [6.45, 7) is 4.10. The topological polar surface area (TPSA) is 41.1 Å². The molecule has 2 rings (SSSR count). The second-order valence-electron chi connectivity index (χ2n) is 4.95. The van der Waals surface area contributed by atoms with Gasteiger partial charge in [-0.3, -0.25) is 4.79 Å². The Bertz CT molecular complexity index is 717. The van der Waals surface area contributed by atoms with E-state index in [1.165, 1.54) is 11.6 Å². The molecule has 0 aromatic heterocycles. The fourth-order valence-corrected chi connectivity index (χ4v) is 2.47. The highest BCUT2D eigenvalue weighted by Crippen LogP contribution is 2.32. The standard InChI is InChI=1S/C16H15Cl3N2O/c1-9-3-4-11(5-10(9)2)21-16(22)8-20-15-7-13(18)12(17)6-14(15)19/h3-7,20H,8H2,1-2H3,(H,21,22). The third-order valence-corrected chi connectivity index (χ3v) is 4.27. The van der Waals surface area contributed by atoms with Crippen LogP contribution in [0, 0.1) is 13.8 Å². The molecule has 0 saturated carbocycles. The predicted octanol–water partition coefficient (Wildman–Crippen LogP) is 5.31. The number of hydrogen-bond donors (Lipinski definition) is 2. The zero-order valence-corrected chi connectivity index (χ0v) is 14.4. The Morgan fingerprint density at radius 2 is 1.64 bits per heavy atom. The molecule has 0 saturated heterocycles. The highest BCUT2D eigenvalue weighted by molar-refractivity contribution is 6.44. The summed E-state index contributed by atoms with van der Waals surface area (Å²) < 4.78 is 0. The quantitative estimate of drug-likeness (QED) is 0.728. The van der Waals surface area contributed by atoms with E-state index in [0.29, 0.717) is 20.8 Å². The molecular weight excluding hydrogens is 343 g/mol. The molecule has 22 heavy (non-hydrogen) atoms. The van der Waals surface area contributed by atoms with Gasteiger partial charge in [-0.05, 0) is 49.2 Å². The third kappa shape index (κ3) is 4.29. The summed E-state index contributed by atoms with van der Waals surface area (Å²) in [6, 6.07) is 8.89. The van der Waals surface area contributed by atoms with Gasteiger partial charge in [-0.25, -0.2) is 0 Å². The number of anilines is 2. The monoisotopic (exact) mass is 356 g/mol. The van der Waals surface area contributed by atoms with E-state index in [-0.39, 0.29) is 12.5 Å². The lowest BCUT2D eigenvalue weighted by Crippen LogP contribution is -2.21. The molecule has 1 amide bonds. The molecule has 0 radical (unpaired) electrons. The summed E-state index contributed by atoms with van der Waals surface area (Å²) in [5.41, 5.74) is 3.62. The molecule has 0 unspecified atom stereocenters. The minimum atomic E-state index is -0.176. The van der Waals surface area contributed by atoms with Crippen LogP contribution in [0.15, 0.2) is 30.3 Å². The Labute approximate surface area is 144 Å². The third-order valence-electron chi connectivity index (χ3n) is 3.24. The van der Waals surface area contributed by atoms with Crippen molar-refractivity contribution < 1.29 is 4.79 Å². The van der Waals surface area contributed by atoms with Crippen LogP contribution in [0.1, 0.15) is 11.1 Å². The maximum Gasteiger partial charge on any atom is 0.243 e. The first-order chi connectivity index (χ1) is 10.4. The summed E-state index contributed by atoms with van der Waals surface area (Å²) >= 11 is 17.8. The van der Waals surface area contributed by atoms with Crippen molar-refractivity contribution in [3.63, 3.8) is 0 Å². The van der Waals surface area contributed by atoms with Gasteiger partial charge in [-0.1, -0.05) is 40.9 Å². The number of amides is 1. The second kappa shape index (κ2) is 7.23. The summed E-state index contributed by atoms with van der Waals surface area (Å²) in [5.74, 6) is -0.176. The molecule has 0 aliphatic carbocycles. The molecule has 0 fully saturated rings. The average molecular weight is 358 g/mol. The number of aryl methyl sites for hydroxylation is 2. The lowest BCUT2D eigenvalue weighted by Gasteiger charge is -2.11. The van der Waals surface area contributed by atoms with Crippen molar-refractivity contribution in [2.75, 3.05) is 17.2 Å². The van der Waals surface area contributed by atoms with Crippen LogP contribution in [0.4, 0.5) is 11.4 Å². The molecule has 116 valence electrons. The van der Waals surface area contributed by atoms with E-state index in [0.717, 1.165) is 11.3 Å². The summed E-state index contributed by atoms with van der Waals surface area (Å²) in [4.78, 5) is 12.0. The molecule has 2 aromatic carbocycles. The van der Waals surface area contributed by atoms with Crippen molar-refractivity contribution in [2.45, 2.75) is 13.8 Å². The second-order valence-corrected chi connectivity index (χ2v) is 6.17. The molecule has 0 spiro atoms. The Morgan fingerprint density at radius 1 is 0.955 bits per heavy atom. The van der Waals surface area contributed by atoms with Gasteiger partial charge in [-0.2, -0.15) is 0 Å². The molecule has 0 atom stereocenters. The van der Waals surface area contributed by atoms with E-state index in [4.69, 9.17) is 34.8 Å². The van der Waals surface area contributed by atoms with E-state index in [1.54, 1.807) is 6.07 Å². The number of hydrogen-bond acceptors (Lipinski definition) is 2. The first-order valence-electron chi connectivity index (χ1n) is 6.62. The molecule has 0 bridgehead atoms. The molecular formula is C16H15Cl3N2O. The predicted molar refractivity (Wildman–Crippen MR) is 94.5 cm³/mol. The molecule has 0 aliphatic heterocycles. The number of benzene rings is 2. The molecule has 0 heterocycles. The molecule has 2 N–H and O–H groups in total. The summed E-state index contributed by atoms with van der Waals surface area (Å²) in [5, 5.41) is 6.92. The van der Waals surface area contributed by atoms with Crippen LogP contribution in [0.2, 0.25) is 15.1 Å². The zero-order valence-electron chi connectivity index (χ0n) is 12.1. The maximum atomic E-state index is 12.0. The summed E-state index contributed by atoms with van der Waals surface area (Å²) in [6.07, 6.45) is 0. The van der Waals surface area contributed by atoms with Crippen LogP contribution in [0.25, 0.3) is 0 Å². The number of rotatable bonds is 4. The SMILES string of the molecule is Cc1ccc(NC(=O)CNc2cc(Cl)c(Cl)cc2Cl)cc1C. The van der Waals surface area contributed by atoms with E-state index < -0.39 is 0 Å². The Balaban J connectivity index is 1.98. The summed E-state index contributed by atoms with van der Waals surface area (Å²) in [7, 11) is 0. The van der Waals surface area contributed by atoms with Gasteiger partial charge in [0.15, 0.2) is 0 Å². The van der Waals surface area contributed by atoms with Gasteiger partial charge in [0.25, 0.3) is 0 Å². The number of nitrogens with one attached hydrogen (secondary N) is 2. The fourth-order valence-electron chi connectivity index (χ4n) is 1.86. The maximum absolute atomic E-state index is 12.0. The van der Waals surface area contributed by atoms with Gasteiger partial charge in [0.2, 0.25) is 5.91 Å². The van der Waals surface area contributed by atoms with Crippen LogP contribution >= 0.6 is 34.8 Å². The lowest BCUT2D eigenvalue weighted by molar-refractivity contribution is -0.114. The highest BCUT2D eigenvalue weighted by atomic mass is 35.5. The van der Waals surface area contributed by atoms with Crippen molar-refractivity contribution in [2.24, 2.45) is 0 Å². The Morgan fingerprint density at radius 3 is 2.32 bits per heavy atom. The van der Waals surface area contributed by atoms with Gasteiger partial charge < -0.3 is 10.6 Å². The fraction of sp³-hybridized carbons (Fsp3) is 0.188. The van der Waals surface area contributed by atoms with Gasteiger partial charge in [0, 0.05) is 5.69 Å². The largest absolute Gasteiger partial charge is 0.375 e. The van der Waals surface area contributed by atoms with Crippen LogP contribution in [0.3, 0.4) is 0 Å². The van der Waals surface area contributed by atoms with Crippen LogP contribution in [-0.2, 0) is 4.79 Å². The Hall–Kier alpha value is -1.42. The molecule has 3 nitrogen and oxygen atoms in total. The van der Waals surface area contributed by atoms with Crippen LogP contribution < -0.4 is 10.6 Å². The van der Waals surface area contributed by atoms with Crippen molar-refractivity contribution >= 4 is 52.1 Å². The van der Waals surface area contributed by atoms with E-state index in [1.807, 2.05) is 32.0 Å². The number of carbonyl (C=O) groups is 1. The minimum Gasteiger partial charge on any atom is -0.375 e. The first-order valence-corrected chi connectivity index (χ1v) is 7.75. The van der Waals surface area contributed by atoms with Gasteiger partial charge in [0.05, 0.1) is 27.3 Å². The van der Waals surface area contributed by atoms with Gasteiger partial charge >= 0.3 is 0 Å². The van der Waals surface area contributed by atoms with Crippen molar-refractivity contribution in [3.8, 4) is 0 Å². The van der Waals surface area contributed by atoms with Crippen molar-refractivity contribution in [3.05, 3.63) is 56.5 Å². The molecule has 2 aromatic rings. The van der Waals surface area contributed by atoms with Crippen LogP contribution in [0.5, 0.6) is 0 Å². The van der Waals surface area contributed by atoms with Gasteiger partial charge in [0.1, 0.15) is 0 Å². The van der Waals surface area contributed by atoms with Crippen molar-refractivity contribution in [1.29, 1.82) is 0 Å². The minimum absolute atomic E-state index is 0.0740. The van der Waals surface area contributed by atoms with E-state index >= 15 is 0 Å². The number of halogens is 3. The van der Waals surface area contributed by atoms with Crippen molar-refractivity contribution in [1.82, 2.24) is 0 Å². The van der Waals surface area contributed by atoms with Crippen LogP contribution in [-0.4, -0.2) is 12.5 Å². The zero-order chi connectivity index (χ0) is 16.3. The number of carbonyl (C=O) groups excluding carboxylic acids is 1. The Kier molecular flexibility index (Phi) is 5.57. The first kappa shape index (κ1) is 16.9. The molecule has 0 aliphatic rings. The molecule has 6 heteroatoms. The average Bonchev–Trinajstić information content (AvgIpc) is 2.45. The smallest absolute Gasteiger partial charge is 0.243 e. The highest BCUT2D eigenvalue weighted by Gasteiger charge is 2.08. The lowest BCUT2D eigenvalue weighted by atomic mass is 10.1. The van der Waals surface area contributed by atoms with E-state index in [2.05, 4.69) is 10.6 Å².